The standard InChI is InChI=1S/C14H13BrN2O2/c1-10-3-2-4-12(7-10)19-9-14(18)17-13-6-5-11(15)8-16-13/h2-8H,9H2,1H3,(H,16,17,18). The molecule has 2 aromatic rings. The van der Waals surface area contributed by atoms with Crippen molar-refractivity contribution >= 4 is 27.7 Å². The molecule has 1 heterocycles. The van der Waals surface area contributed by atoms with Gasteiger partial charge in [-0.3, -0.25) is 4.79 Å². The molecule has 0 aliphatic rings. The lowest BCUT2D eigenvalue weighted by molar-refractivity contribution is -0.118. The van der Waals surface area contributed by atoms with Crippen LogP contribution in [0.2, 0.25) is 0 Å². The van der Waals surface area contributed by atoms with Gasteiger partial charge in [0.2, 0.25) is 0 Å². The fourth-order valence-electron chi connectivity index (χ4n) is 1.48. The molecule has 0 atom stereocenters. The number of halogens is 1. The van der Waals surface area contributed by atoms with Crippen LogP contribution < -0.4 is 10.1 Å². The Morgan fingerprint density at radius 1 is 1.37 bits per heavy atom. The predicted molar refractivity (Wildman–Crippen MR) is 77.2 cm³/mol. The molecule has 0 saturated carbocycles. The molecule has 0 unspecified atom stereocenters. The minimum atomic E-state index is -0.240. The first-order valence-corrected chi connectivity index (χ1v) is 6.53. The summed E-state index contributed by atoms with van der Waals surface area (Å²) in [4.78, 5) is 15.7. The summed E-state index contributed by atoms with van der Waals surface area (Å²) in [6.45, 7) is 1.93. The third kappa shape index (κ3) is 4.37. The fourth-order valence-corrected chi connectivity index (χ4v) is 1.72. The van der Waals surface area contributed by atoms with Crippen LogP contribution >= 0.6 is 15.9 Å². The molecule has 0 saturated heterocycles. The number of aryl methyl sites for hydroxylation is 1. The lowest BCUT2D eigenvalue weighted by Crippen LogP contribution is -2.20. The highest BCUT2D eigenvalue weighted by Gasteiger charge is 2.04. The van der Waals surface area contributed by atoms with Crippen molar-refractivity contribution in [1.82, 2.24) is 4.98 Å². The predicted octanol–water partition coefficient (Wildman–Crippen LogP) is 3.17. The molecule has 1 N–H and O–H groups in total. The molecule has 0 aliphatic heterocycles. The summed E-state index contributed by atoms with van der Waals surface area (Å²) in [6, 6.07) is 11.1. The van der Waals surface area contributed by atoms with E-state index in [-0.39, 0.29) is 12.5 Å². The lowest BCUT2D eigenvalue weighted by Gasteiger charge is -2.07. The van der Waals surface area contributed by atoms with Crippen LogP contribution in [-0.2, 0) is 4.79 Å². The Kier molecular flexibility index (Phi) is 4.52. The third-order valence-electron chi connectivity index (χ3n) is 2.35. The number of aromatic nitrogens is 1. The van der Waals surface area contributed by atoms with Gasteiger partial charge in [-0.25, -0.2) is 4.98 Å². The molecule has 0 bridgehead atoms. The van der Waals surface area contributed by atoms with E-state index in [9.17, 15) is 4.79 Å². The summed E-state index contributed by atoms with van der Waals surface area (Å²) in [7, 11) is 0. The summed E-state index contributed by atoms with van der Waals surface area (Å²) in [5.41, 5.74) is 1.09. The average molecular weight is 321 g/mol. The molecule has 2 rings (SSSR count). The van der Waals surface area contributed by atoms with Gasteiger partial charge in [0.15, 0.2) is 6.61 Å². The van der Waals surface area contributed by atoms with Crippen molar-refractivity contribution in [2.24, 2.45) is 0 Å². The largest absolute Gasteiger partial charge is 0.484 e. The second-order valence-corrected chi connectivity index (χ2v) is 4.93. The molecule has 5 heteroatoms. The summed E-state index contributed by atoms with van der Waals surface area (Å²) >= 11 is 3.28. The van der Waals surface area contributed by atoms with Gasteiger partial charge in [-0.1, -0.05) is 12.1 Å². The van der Waals surface area contributed by atoms with E-state index in [0.717, 1.165) is 10.0 Å². The number of pyridine rings is 1. The van der Waals surface area contributed by atoms with Gasteiger partial charge in [0.05, 0.1) is 0 Å². The number of nitrogens with zero attached hydrogens (tertiary/aromatic N) is 1. The van der Waals surface area contributed by atoms with Gasteiger partial charge in [0, 0.05) is 10.7 Å². The van der Waals surface area contributed by atoms with E-state index in [2.05, 4.69) is 26.2 Å². The maximum absolute atomic E-state index is 11.7. The number of rotatable bonds is 4. The zero-order chi connectivity index (χ0) is 13.7. The number of carbonyl (C=O) groups excluding carboxylic acids is 1. The van der Waals surface area contributed by atoms with Gasteiger partial charge >= 0.3 is 0 Å². The van der Waals surface area contributed by atoms with Crippen molar-refractivity contribution in [3.8, 4) is 5.75 Å². The van der Waals surface area contributed by atoms with Crippen molar-refractivity contribution < 1.29 is 9.53 Å². The minimum absolute atomic E-state index is 0.0405. The number of hydrogen-bond acceptors (Lipinski definition) is 3. The topological polar surface area (TPSA) is 51.2 Å². The third-order valence-corrected chi connectivity index (χ3v) is 2.82. The van der Waals surface area contributed by atoms with E-state index in [0.29, 0.717) is 11.6 Å². The maximum atomic E-state index is 11.7. The number of carbonyl (C=O) groups is 1. The SMILES string of the molecule is Cc1cccc(OCC(=O)Nc2ccc(Br)cn2)c1. The molecule has 1 aromatic heterocycles. The highest BCUT2D eigenvalue weighted by molar-refractivity contribution is 9.10. The Hall–Kier alpha value is -1.88. The van der Waals surface area contributed by atoms with Crippen molar-refractivity contribution in [3.05, 3.63) is 52.6 Å². The number of amides is 1. The van der Waals surface area contributed by atoms with Gasteiger partial charge in [-0.05, 0) is 52.7 Å². The van der Waals surface area contributed by atoms with E-state index < -0.39 is 0 Å². The monoisotopic (exact) mass is 320 g/mol. The van der Waals surface area contributed by atoms with Crippen molar-refractivity contribution in [3.63, 3.8) is 0 Å². The molecule has 1 amide bonds. The van der Waals surface area contributed by atoms with Crippen LogP contribution in [0.15, 0.2) is 47.1 Å². The zero-order valence-electron chi connectivity index (χ0n) is 10.4. The molecular formula is C14H13BrN2O2. The first-order chi connectivity index (χ1) is 9.13. The molecule has 19 heavy (non-hydrogen) atoms. The maximum Gasteiger partial charge on any atom is 0.263 e. The lowest BCUT2D eigenvalue weighted by atomic mass is 10.2. The summed E-state index contributed by atoms with van der Waals surface area (Å²) in [5.74, 6) is 0.941. The normalized spacial score (nSPS) is 10.0. The first-order valence-electron chi connectivity index (χ1n) is 5.74. The number of benzene rings is 1. The highest BCUT2D eigenvalue weighted by Crippen LogP contribution is 2.13. The Bertz CT molecular complexity index is 570. The number of anilines is 1. The van der Waals surface area contributed by atoms with Gasteiger partial charge in [-0.2, -0.15) is 0 Å². The van der Waals surface area contributed by atoms with Gasteiger partial charge in [0.25, 0.3) is 5.91 Å². The van der Waals surface area contributed by atoms with Crippen molar-refractivity contribution in [2.45, 2.75) is 6.92 Å². The Balaban J connectivity index is 1.86. The van der Waals surface area contributed by atoms with Crippen LogP contribution in [0.4, 0.5) is 5.82 Å². The quantitative estimate of drug-likeness (QED) is 0.941. The highest BCUT2D eigenvalue weighted by atomic mass is 79.9. The fraction of sp³-hybridized carbons (Fsp3) is 0.143. The van der Waals surface area contributed by atoms with E-state index in [1.807, 2.05) is 37.3 Å². The van der Waals surface area contributed by atoms with Crippen molar-refractivity contribution in [2.75, 3.05) is 11.9 Å². The summed E-state index contributed by atoms with van der Waals surface area (Å²) in [6.07, 6.45) is 1.62. The van der Waals surface area contributed by atoms with Crippen LogP contribution in [-0.4, -0.2) is 17.5 Å². The van der Waals surface area contributed by atoms with Crippen LogP contribution in [0.25, 0.3) is 0 Å². The van der Waals surface area contributed by atoms with Crippen LogP contribution in [0.5, 0.6) is 5.75 Å². The average Bonchev–Trinajstić information content (AvgIpc) is 2.39. The summed E-state index contributed by atoms with van der Waals surface area (Å²) < 4.78 is 6.26. The molecule has 0 aliphatic carbocycles. The first kappa shape index (κ1) is 13.5. The summed E-state index contributed by atoms with van der Waals surface area (Å²) in [5, 5.41) is 2.66. The van der Waals surface area contributed by atoms with Gasteiger partial charge in [0.1, 0.15) is 11.6 Å². The molecule has 0 fully saturated rings. The molecular weight excluding hydrogens is 308 g/mol. The molecule has 0 radical (unpaired) electrons. The van der Waals surface area contributed by atoms with E-state index in [1.54, 1.807) is 12.3 Å². The number of hydrogen-bond donors (Lipinski definition) is 1. The zero-order valence-corrected chi connectivity index (χ0v) is 12.0. The van der Waals surface area contributed by atoms with Crippen LogP contribution in [0.1, 0.15) is 5.56 Å². The van der Waals surface area contributed by atoms with E-state index in [4.69, 9.17) is 4.74 Å². The molecule has 4 nitrogen and oxygen atoms in total. The van der Waals surface area contributed by atoms with E-state index in [1.165, 1.54) is 0 Å². The Labute approximate surface area is 119 Å². The van der Waals surface area contributed by atoms with Gasteiger partial charge in [-0.15, -0.1) is 0 Å². The van der Waals surface area contributed by atoms with Crippen molar-refractivity contribution in [1.29, 1.82) is 0 Å². The molecule has 98 valence electrons. The second kappa shape index (κ2) is 6.33. The van der Waals surface area contributed by atoms with E-state index >= 15 is 0 Å². The Morgan fingerprint density at radius 2 is 2.21 bits per heavy atom. The Morgan fingerprint density at radius 3 is 2.89 bits per heavy atom. The smallest absolute Gasteiger partial charge is 0.263 e. The molecule has 1 aromatic carbocycles. The minimum Gasteiger partial charge on any atom is -0.484 e. The second-order valence-electron chi connectivity index (χ2n) is 4.02. The number of ether oxygens (including phenoxy) is 1. The van der Waals surface area contributed by atoms with Crippen LogP contribution in [0, 0.1) is 6.92 Å². The number of nitrogens with one attached hydrogen (secondary N) is 1. The molecule has 0 spiro atoms. The van der Waals surface area contributed by atoms with Crippen LogP contribution in [0.3, 0.4) is 0 Å². The van der Waals surface area contributed by atoms with Gasteiger partial charge < -0.3 is 10.1 Å².